The molecule has 3 heterocycles. The van der Waals surface area contributed by atoms with Crippen LogP contribution in [-0.4, -0.2) is 35.1 Å². The fourth-order valence-corrected chi connectivity index (χ4v) is 5.25. The highest BCUT2D eigenvalue weighted by atomic mass is 32.2. The van der Waals surface area contributed by atoms with Crippen molar-refractivity contribution < 1.29 is 17.3 Å². The summed E-state index contributed by atoms with van der Waals surface area (Å²) in [5.74, 6) is 2.12. The number of para-hydroxylation sites is 2. The lowest BCUT2D eigenvalue weighted by Gasteiger charge is -2.01. The van der Waals surface area contributed by atoms with Crippen molar-refractivity contribution in [2.24, 2.45) is 5.92 Å². The predicted molar refractivity (Wildman–Crippen MR) is 88.3 cm³/mol. The minimum atomic E-state index is -2.88. The number of hydrogen-bond acceptors (Lipinski definition) is 8. The monoisotopic (exact) mass is 365 g/mol. The first-order chi connectivity index (χ1) is 11.6. The topological polar surface area (TPSA) is 99.1 Å². The van der Waals surface area contributed by atoms with Gasteiger partial charge in [0.05, 0.1) is 17.3 Å². The van der Waals surface area contributed by atoms with Crippen LogP contribution in [0, 0.1) is 5.92 Å². The Morgan fingerprint density at radius 3 is 2.83 bits per heavy atom. The molecule has 2 aromatic heterocycles. The van der Waals surface area contributed by atoms with Crippen molar-refractivity contribution in [3.8, 4) is 0 Å². The largest absolute Gasteiger partial charge is 0.440 e. The molecule has 24 heavy (non-hydrogen) atoms. The van der Waals surface area contributed by atoms with Crippen LogP contribution in [0.5, 0.6) is 0 Å². The van der Waals surface area contributed by atoms with Crippen molar-refractivity contribution in [3.05, 3.63) is 36.0 Å². The van der Waals surface area contributed by atoms with Crippen LogP contribution in [0.25, 0.3) is 11.1 Å². The van der Waals surface area contributed by atoms with Gasteiger partial charge in [-0.15, -0.1) is 10.2 Å². The number of benzene rings is 1. The van der Waals surface area contributed by atoms with Crippen molar-refractivity contribution in [1.29, 1.82) is 0 Å². The number of oxazole rings is 1. The lowest BCUT2D eigenvalue weighted by Crippen LogP contribution is -2.07. The molecule has 0 unspecified atom stereocenters. The number of fused-ring (bicyclic) bond motifs is 1. The zero-order valence-electron chi connectivity index (χ0n) is 12.7. The van der Waals surface area contributed by atoms with E-state index in [4.69, 9.17) is 8.83 Å². The minimum absolute atomic E-state index is 0.0744. The highest BCUT2D eigenvalue weighted by Gasteiger charge is 2.29. The van der Waals surface area contributed by atoms with E-state index in [9.17, 15) is 8.42 Å². The van der Waals surface area contributed by atoms with E-state index in [0.29, 0.717) is 35.6 Å². The Labute approximate surface area is 142 Å². The van der Waals surface area contributed by atoms with Crippen molar-refractivity contribution >= 4 is 32.7 Å². The molecular formula is C15H15N3O4S2. The zero-order valence-corrected chi connectivity index (χ0v) is 14.3. The van der Waals surface area contributed by atoms with Gasteiger partial charge in [-0.05, 0) is 24.5 Å². The van der Waals surface area contributed by atoms with Crippen molar-refractivity contribution in [3.63, 3.8) is 0 Å². The Hall–Kier alpha value is -1.87. The molecule has 1 aliphatic rings. The lowest BCUT2D eigenvalue weighted by molar-refractivity contribution is 0.389. The Morgan fingerprint density at radius 2 is 2.04 bits per heavy atom. The van der Waals surface area contributed by atoms with E-state index in [1.54, 1.807) is 0 Å². The molecule has 126 valence electrons. The number of thioether (sulfide) groups is 1. The number of sulfone groups is 1. The van der Waals surface area contributed by atoms with Gasteiger partial charge in [0.15, 0.2) is 15.4 Å². The maximum atomic E-state index is 11.5. The van der Waals surface area contributed by atoms with Gasteiger partial charge in [0, 0.05) is 6.42 Å². The normalized spacial score (nSPS) is 19.9. The summed E-state index contributed by atoms with van der Waals surface area (Å²) in [5.41, 5.74) is 1.57. The van der Waals surface area contributed by atoms with Crippen molar-refractivity contribution in [2.75, 3.05) is 11.5 Å². The predicted octanol–water partition coefficient (Wildman–Crippen LogP) is 2.48. The molecule has 0 amide bonds. The van der Waals surface area contributed by atoms with Gasteiger partial charge in [-0.25, -0.2) is 13.4 Å². The molecule has 0 radical (unpaired) electrons. The molecule has 9 heteroatoms. The van der Waals surface area contributed by atoms with Crippen molar-refractivity contribution in [2.45, 2.75) is 23.8 Å². The average Bonchev–Trinajstić information content (AvgIpc) is 3.24. The molecular weight excluding hydrogens is 350 g/mol. The first-order valence-electron chi connectivity index (χ1n) is 7.57. The van der Waals surface area contributed by atoms with E-state index in [2.05, 4.69) is 15.2 Å². The third-order valence-corrected chi connectivity index (χ3v) is 6.54. The Bertz CT molecular complexity index is 931. The SMILES string of the molecule is O=S1(=O)CC[C@@H](Cc2nnc(SCc3nc4ccccc4o3)o2)C1. The number of nitrogens with zero attached hydrogens (tertiary/aromatic N) is 3. The number of rotatable bonds is 5. The summed E-state index contributed by atoms with van der Waals surface area (Å²) in [6.07, 6.45) is 1.17. The molecule has 1 saturated heterocycles. The molecule has 1 atom stereocenters. The minimum Gasteiger partial charge on any atom is -0.440 e. The van der Waals surface area contributed by atoms with Crippen LogP contribution >= 0.6 is 11.8 Å². The van der Waals surface area contributed by atoms with Crippen LogP contribution in [0.3, 0.4) is 0 Å². The van der Waals surface area contributed by atoms with Gasteiger partial charge in [0.25, 0.3) is 5.22 Å². The highest BCUT2D eigenvalue weighted by Crippen LogP contribution is 2.26. The Kier molecular flexibility index (Phi) is 4.05. The Morgan fingerprint density at radius 1 is 1.17 bits per heavy atom. The summed E-state index contributed by atoms with van der Waals surface area (Å²) in [6.45, 7) is 0. The molecule has 7 nitrogen and oxygen atoms in total. The van der Waals surface area contributed by atoms with Gasteiger partial charge in [-0.1, -0.05) is 23.9 Å². The van der Waals surface area contributed by atoms with Crippen LogP contribution in [0.15, 0.2) is 38.3 Å². The van der Waals surface area contributed by atoms with Gasteiger partial charge < -0.3 is 8.83 Å². The molecule has 4 rings (SSSR count). The quantitative estimate of drug-likeness (QED) is 0.636. The van der Waals surface area contributed by atoms with Crippen LogP contribution in [-0.2, 0) is 22.0 Å². The van der Waals surface area contributed by atoms with Crippen LogP contribution in [0.1, 0.15) is 18.2 Å². The molecule has 0 bridgehead atoms. The zero-order chi connectivity index (χ0) is 16.6. The van der Waals surface area contributed by atoms with E-state index in [1.807, 2.05) is 24.3 Å². The third kappa shape index (κ3) is 3.46. The van der Waals surface area contributed by atoms with E-state index in [1.165, 1.54) is 11.8 Å². The van der Waals surface area contributed by atoms with Crippen LogP contribution < -0.4 is 0 Å². The van der Waals surface area contributed by atoms with Gasteiger partial charge in [-0.3, -0.25) is 0 Å². The summed E-state index contributed by atoms with van der Waals surface area (Å²) in [7, 11) is -2.88. The molecule has 1 fully saturated rings. The molecule has 0 aliphatic carbocycles. The highest BCUT2D eigenvalue weighted by molar-refractivity contribution is 7.98. The fraction of sp³-hybridized carbons (Fsp3) is 0.400. The molecule has 0 spiro atoms. The standard InChI is InChI=1S/C15H15N3O4S2/c19-24(20)6-5-10(9-24)7-13-17-18-15(22-13)23-8-14-16-11-3-1-2-4-12(11)21-14/h1-4,10H,5-9H2/t10-/m0/s1. The average molecular weight is 365 g/mol. The summed E-state index contributed by atoms with van der Waals surface area (Å²) in [5, 5.41) is 8.43. The molecule has 3 aromatic rings. The fourth-order valence-electron chi connectivity index (χ4n) is 2.76. The van der Waals surface area contributed by atoms with Crippen LogP contribution in [0.4, 0.5) is 0 Å². The second-order valence-electron chi connectivity index (χ2n) is 5.80. The van der Waals surface area contributed by atoms with E-state index in [0.717, 1.165) is 11.1 Å². The van der Waals surface area contributed by atoms with Gasteiger partial charge >= 0.3 is 0 Å². The van der Waals surface area contributed by atoms with Crippen molar-refractivity contribution in [1.82, 2.24) is 15.2 Å². The second kappa shape index (κ2) is 6.21. The maximum absolute atomic E-state index is 11.5. The number of aromatic nitrogens is 3. The first kappa shape index (κ1) is 15.6. The van der Waals surface area contributed by atoms with Gasteiger partial charge in [-0.2, -0.15) is 0 Å². The van der Waals surface area contributed by atoms with E-state index < -0.39 is 9.84 Å². The lowest BCUT2D eigenvalue weighted by atomic mass is 10.1. The van der Waals surface area contributed by atoms with E-state index >= 15 is 0 Å². The van der Waals surface area contributed by atoms with Crippen LogP contribution in [0.2, 0.25) is 0 Å². The summed E-state index contributed by atoms with van der Waals surface area (Å²) in [4.78, 5) is 4.39. The summed E-state index contributed by atoms with van der Waals surface area (Å²) in [6, 6.07) is 7.58. The smallest absolute Gasteiger partial charge is 0.277 e. The summed E-state index contributed by atoms with van der Waals surface area (Å²) >= 11 is 1.35. The third-order valence-electron chi connectivity index (χ3n) is 3.90. The first-order valence-corrected chi connectivity index (χ1v) is 10.4. The second-order valence-corrected chi connectivity index (χ2v) is 8.95. The van der Waals surface area contributed by atoms with Gasteiger partial charge in [0.2, 0.25) is 11.8 Å². The maximum Gasteiger partial charge on any atom is 0.277 e. The number of hydrogen-bond donors (Lipinski definition) is 0. The molecule has 0 saturated carbocycles. The van der Waals surface area contributed by atoms with E-state index in [-0.39, 0.29) is 17.4 Å². The summed E-state index contributed by atoms with van der Waals surface area (Å²) < 4.78 is 34.2. The Balaban J connectivity index is 1.37. The molecule has 0 N–H and O–H groups in total. The molecule has 1 aliphatic heterocycles. The molecule has 1 aromatic carbocycles. The van der Waals surface area contributed by atoms with Gasteiger partial charge in [0.1, 0.15) is 5.52 Å².